The summed E-state index contributed by atoms with van der Waals surface area (Å²) in [6.45, 7) is 0.216. The van der Waals surface area contributed by atoms with E-state index in [1.165, 1.54) is 4.90 Å². The van der Waals surface area contributed by atoms with Crippen molar-refractivity contribution in [3.05, 3.63) is 60.0 Å². The highest BCUT2D eigenvalue weighted by molar-refractivity contribution is 5.94. The van der Waals surface area contributed by atoms with Gasteiger partial charge in [-0.25, -0.2) is 0 Å². The van der Waals surface area contributed by atoms with Gasteiger partial charge in [-0.05, 0) is 48.5 Å². The van der Waals surface area contributed by atoms with Crippen molar-refractivity contribution in [3.63, 3.8) is 0 Å². The van der Waals surface area contributed by atoms with E-state index in [0.29, 0.717) is 23.0 Å². The lowest BCUT2D eigenvalue weighted by atomic mass is 10.2. The van der Waals surface area contributed by atoms with Gasteiger partial charge >= 0.3 is 0 Å². The van der Waals surface area contributed by atoms with Gasteiger partial charge in [-0.3, -0.25) is 4.79 Å². The molecule has 7 heteroatoms. The highest BCUT2D eigenvalue weighted by Crippen LogP contribution is 2.20. The summed E-state index contributed by atoms with van der Waals surface area (Å²) < 4.78 is 15.5. The largest absolute Gasteiger partial charge is 0.497 e. The smallest absolute Gasteiger partial charge is 0.254 e. The van der Waals surface area contributed by atoms with E-state index in [2.05, 4.69) is 10.1 Å². The number of hydrogen-bond donors (Lipinski definition) is 0. The number of methoxy groups -OCH3 is 2. The van der Waals surface area contributed by atoms with Crippen LogP contribution < -0.4 is 9.47 Å². The van der Waals surface area contributed by atoms with Crippen LogP contribution in [0, 0.1) is 0 Å². The van der Waals surface area contributed by atoms with Crippen LogP contribution in [0.25, 0.3) is 11.4 Å². The molecular weight excluding hydrogens is 334 g/mol. The summed E-state index contributed by atoms with van der Waals surface area (Å²) in [7, 11) is 4.87. The molecule has 0 radical (unpaired) electrons. The fourth-order valence-corrected chi connectivity index (χ4v) is 2.41. The summed E-state index contributed by atoms with van der Waals surface area (Å²) in [6.07, 6.45) is 0. The second-order valence-corrected chi connectivity index (χ2v) is 5.63. The van der Waals surface area contributed by atoms with Gasteiger partial charge in [0.05, 0.1) is 20.8 Å². The van der Waals surface area contributed by atoms with E-state index in [0.717, 1.165) is 11.3 Å². The molecule has 0 bridgehead atoms. The summed E-state index contributed by atoms with van der Waals surface area (Å²) in [5.74, 6) is 2.14. The normalized spacial score (nSPS) is 10.4. The fraction of sp³-hybridized carbons (Fsp3) is 0.211. The lowest BCUT2D eigenvalue weighted by molar-refractivity contribution is 0.0769. The van der Waals surface area contributed by atoms with Crippen LogP contribution in [0.4, 0.5) is 0 Å². The third-order valence-electron chi connectivity index (χ3n) is 3.87. The summed E-state index contributed by atoms with van der Waals surface area (Å²) in [4.78, 5) is 18.3. The molecule has 0 unspecified atom stereocenters. The van der Waals surface area contributed by atoms with Crippen LogP contribution in [-0.4, -0.2) is 42.2 Å². The first-order valence-electron chi connectivity index (χ1n) is 7.97. The highest BCUT2D eigenvalue weighted by atomic mass is 16.5. The second kappa shape index (κ2) is 7.69. The quantitative estimate of drug-likeness (QED) is 0.678. The van der Waals surface area contributed by atoms with Crippen molar-refractivity contribution in [3.8, 4) is 22.9 Å². The first kappa shape index (κ1) is 17.5. The molecule has 0 spiro atoms. The van der Waals surface area contributed by atoms with Crippen LogP contribution in [-0.2, 0) is 6.54 Å². The molecule has 1 heterocycles. The van der Waals surface area contributed by atoms with Gasteiger partial charge in [0.25, 0.3) is 5.91 Å². The van der Waals surface area contributed by atoms with Crippen molar-refractivity contribution in [1.29, 1.82) is 0 Å². The van der Waals surface area contributed by atoms with Crippen LogP contribution in [0.1, 0.15) is 16.2 Å². The first-order valence-corrected chi connectivity index (χ1v) is 7.97. The number of carbonyl (C=O) groups is 1. The van der Waals surface area contributed by atoms with Crippen molar-refractivity contribution in [1.82, 2.24) is 15.0 Å². The predicted molar refractivity (Wildman–Crippen MR) is 95.1 cm³/mol. The van der Waals surface area contributed by atoms with Crippen molar-refractivity contribution >= 4 is 5.91 Å². The van der Waals surface area contributed by atoms with E-state index in [1.54, 1.807) is 45.5 Å². The number of aromatic nitrogens is 2. The summed E-state index contributed by atoms with van der Waals surface area (Å²) in [5.41, 5.74) is 1.37. The molecule has 3 rings (SSSR count). The maximum Gasteiger partial charge on any atom is 0.254 e. The van der Waals surface area contributed by atoms with Crippen molar-refractivity contribution in [2.24, 2.45) is 0 Å². The van der Waals surface area contributed by atoms with Gasteiger partial charge in [0.1, 0.15) is 11.5 Å². The highest BCUT2D eigenvalue weighted by Gasteiger charge is 2.16. The summed E-state index contributed by atoms with van der Waals surface area (Å²) >= 11 is 0. The Bertz CT molecular complexity index is 873. The van der Waals surface area contributed by atoms with Gasteiger partial charge in [-0.15, -0.1) is 0 Å². The topological polar surface area (TPSA) is 77.7 Å². The molecule has 0 aliphatic carbocycles. The van der Waals surface area contributed by atoms with Crippen LogP contribution in [0.2, 0.25) is 0 Å². The average Bonchev–Trinajstić information content (AvgIpc) is 3.16. The SMILES string of the molecule is COc1ccc(C(=O)N(C)Cc2nc(-c3ccc(OC)cc3)no2)cc1. The Labute approximate surface area is 151 Å². The summed E-state index contributed by atoms with van der Waals surface area (Å²) in [5, 5.41) is 3.97. The molecule has 0 N–H and O–H groups in total. The molecule has 1 amide bonds. The number of hydrogen-bond acceptors (Lipinski definition) is 6. The maximum atomic E-state index is 12.5. The zero-order valence-electron chi connectivity index (χ0n) is 14.8. The molecule has 0 saturated heterocycles. The van der Waals surface area contributed by atoms with Gasteiger partial charge in [0.2, 0.25) is 11.7 Å². The number of amides is 1. The van der Waals surface area contributed by atoms with E-state index in [9.17, 15) is 4.79 Å². The molecule has 0 aliphatic rings. The Morgan fingerprint density at radius 1 is 1.00 bits per heavy atom. The predicted octanol–water partition coefficient (Wildman–Crippen LogP) is 3.03. The lowest BCUT2D eigenvalue weighted by Crippen LogP contribution is -2.26. The molecule has 134 valence electrons. The van der Waals surface area contributed by atoms with Crippen molar-refractivity contribution in [2.75, 3.05) is 21.3 Å². The number of rotatable bonds is 6. The molecule has 0 aliphatic heterocycles. The third kappa shape index (κ3) is 3.83. The van der Waals surface area contributed by atoms with Crippen LogP contribution in [0.5, 0.6) is 11.5 Å². The van der Waals surface area contributed by atoms with Crippen LogP contribution in [0.15, 0.2) is 53.1 Å². The van der Waals surface area contributed by atoms with Crippen molar-refractivity contribution < 1.29 is 18.8 Å². The zero-order chi connectivity index (χ0) is 18.5. The molecule has 26 heavy (non-hydrogen) atoms. The minimum atomic E-state index is -0.142. The second-order valence-electron chi connectivity index (χ2n) is 5.63. The molecule has 0 fully saturated rings. The number of carbonyl (C=O) groups excluding carboxylic acids is 1. The summed E-state index contributed by atoms with van der Waals surface area (Å²) in [6, 6.07) is 14.3. The van der Waals surface area contributed by atoms with E-state index >= 15 is 0 Å². The van der Waals surface area contributed by atoms with Gasteiger partial charge in [0, 0.05) is 18.2 Å². The third-order valence-corrected chi connectivity index (χ3v) is 3.87. The Morgan fingerprint density at radius 3 is 2.15 bits per heavy atom. The van der Waals surface area contributed by atoms with E-state index in [4.69, 9.17) is 14.0 Å². The molecule has 2 aromatic carbocycles. The number of ether oxygens (including phenoxy) is 2. The molecule has 0 atom stereocenters. The minimum absolute atomic E-state index is 0.142. The van der Waals surface area contributed by atoms with Gasteiger partial charge in [-0.1, -0.05) is 5.16 Å². The zero-order valence-corrected chi connectivity index (χ0v) is 14.8. The Hall–Kier alpha value is -3.35. The van der Waals surface area contributed by atoms with Crippen molar-refractivity contribution in [2.45, 2.75) is 6.54 Å². The Balaban J connectivity index is 1.68. The van der Waals surface area contributed by atoms with E-state index in [1.807, 2.05) is 24.3 Å². The molecular formula is C19H19N3O4. The molecule has 1 aromatic heterocycles. The molecule has 7 nitrogen and oxygen atoms in total. The van der Waals surface area contributed by atoms with Crippen LogP contribution >= 0.6 is 0 Å². The number of benzene rings is 2. The maximum absolute atomic E-state index is 12.5. The standard InChI is InChI=1S/C19H19N3O4/c1-22(19(23)14-6-10-16(25-3)11-7-14)12-17-20-18(21-26-17)13-4-8-15(24-2)9-5-13/h4-11H,12H2,1-3H3. The number of nitrogens with zero attached hydrogens (tertiary/aromatic N) is 3. The fourth-order valence-electron chi connectivity index (χ4n) is 2.41. The lowest BCUT2D eigenvalue weighted by Gasteiger charge is -2.14. The van der Waals surface area contributed by atoms with E-state index < -0.39 is 0 Å². The van der Waals surface area contributed by atoms with Gasteiger partial charge < -0.3 is 18.9 Å². The molecule has 3 aromatic rings. The van der Waals surface area contributed by atoms with E-state index in [-0.39, 0.29) is 12.5 Å². The van der Waals surface area contributed by atoms with Gasteiger partial charge in [0.15, 0.2) is 0 Å². The molecule has 0 saturated carbocycles. The Kier molecular flexibility index (Phi) is 5.17. The minimum Gasteiger partial charge on any atom is -0.497 e. The van der Waals surface area contributed by atoms with Crippen LogP contribution in [0.3, 0.4) is 0 Å². The monoisotopic (exact) mass is 353 g/mol. The average molecular weight is 353 g/mol. The van der Waals surface area contributed by atoms with Gasteiger partial charge in [-0.2, -0.15) is 4.98 Å². The Morgan fingerprint density at radius 2 is 1.58 bits per heavy atom. The first-order chi connectivity index (χ1) is 12.6.